The Bertz CT molecular complexity index is 355. The number of aromatic nitrogens is 1. The number of hydrogen-bond acceptors (Lipinski definition) is 3. The van der Waals surface area contributed by atoms with Crippen LogP contribution in [0.1, 0.15) is 15.6 Å². The van der Waals surface area contributed by atoms with Crippen molar-refractivity contribution in [3.8, 4) is 0 Å². The molecule has 1 heterocycles. The van der Waals surface area contributed by atoms with Crippen molar-refractivity contribution < 1.29 is 0 Å². The molecule has 0 radical (unpaired) electrons. The van der Waals surface area contributed by atoms with Crippen LogP contribution in [0.15, 0.2) is 4.99 Å². The smallest absolute Gasteiger partial charge is 0.195 e. The number of hydrogen-bond donors (Lipinski definition) is 0. The fourth-order valence-electron chi connectivity index (χ4n) is 1.43. The van der Waals surface area contributed by atoms with E-state index < -0.39 is 0 Å². The Morgan fingerprint density at radius 1 is 1.18 bits per heavy atom. The van der Waals surface area contributed by atoms with E-state index in [-0.39, 0.29) is 24.0 Å². The Labute approximate surface area is 125 Å². The van der Waals surface area contributed by atoms with Crippen LogP contribution in [0.4, 0.5) is 0 Å². The van der Waals surface area contributed by atoms with E-state index in [0.717, 1.165) is 16.7 Å². The second-order valence-corrected chi connectivity index (χ2v) is 5.44. The lowest BCUT2D eigenvalue weighted by atomic mass is 10.4. The monoisotopic (exact) mass is 368 g/mol. The highest BCUT2D eigenvalue weighted by Gasteiger charge is 2.06. The van der Waals surface area contributed by atoms with Crippen molar-refractivity contribution >= 4 is 41.3 Å². The summed E-state index contributed by atoms with van der Waals surface area (Å²) in [5, 5.41) is 1.08. The van der Waals surface area contributed by atoms with Crippen molar-refractivity contribution in [1.29, 1.82) is 0 Å². The van der Waals surface area contributed by atoms with Gasteiger partial charge in [0.2, 0.25) is 0 Å². The standard InChI is InChI=1S/C11H20N4S.HI/c1-8-9(2)16-10(13-8)7-12-11(14(3)4)15(5)6;/h7H2,1-6H3;1H. The summed E-state index contributed by atoms with van der Waals surface area (Å²) in [7, 11) is 7.99. The number of halogens is 1. The van der Waals surface area contributed by atoms with Gasteiger partial charge in [0.1, 0.15) is 5.01 Å². The van der Waals surface area contributed by atoms with Crippen LogP contribution in [-0.2, 0) is 6.54 Å². The van der Waals surface area contributed by atoms with Crippen LogP contribution in [0.5, 0.6) is 0 Å². The fraction of sp³-hybridized carbons (Fsp3) is 0.636. The summed E-state index contributed by atoms with van der Waals surface area (Å²) in [5.41, 5.74) is 1.12. The normalized spacial score (nSPS) is 9.53. The molecule has 98 valence electrons. The highest BCUT2D eigenvalue weighted by molar-refractivity contribution is 14.0. The van der Waals surface area contributed by atoms with E-state index in [2.05, 4.69) is 16.9 Å². The third-order valence-corrected chi connectivity index (χ3v) is 3.29. The van der Waals surface area contributed by atoms with Crippen molar-refractivity contribution in [2.45, 2.75) is 20.4 Å². The second kappa shape index (κ2) is 7.15. The summed E-state index contributed by atoms with van der Waals surface area (Å²) >= 11 is 1.72. The van der Waals surface area contributed by atoms with Crippen LogP contribution in [0, 0.1) is 13.8 Å². The maximum atomic E-state index is 4.56. The summed E-state index contributed by atoms with van der Waals surface area (Å²) in [6.07, 6.45) is 0. The van der Waals surface area contributed by atoms with Gasteiger partial charge in [-0.3, -0.25) is 0 Å². The van der Waals surface area contributed by atoms with Gasteiger partial charge in [-0.15, -0.1) is 35.3 Å². The van der Waals surface area contributed by atoms with Crippen molar-refractivity contribution in [3.63, 3.8) is 0 Å². The van der Waals surface area contributed by atoms with E-state index in [4.69, 9.17) is 0 Å². The molecule has 0 fully saturated rings. The molecule has 0 atom stereocenters. The van der Waals surface area contributed by atoms with E-state index >= 15 is 0 Å². The Kier molecular flexibility index (Phi) is 6.99. The van der Waals surface area contributed by atoms with Crippen LogP contribution in [0.3, 0.4) is 0 Å². The first-order valence-corrected chi connectivity index (χ1v) is 6.05. The summed E-state index contributed by atoms with van der Waals surface area (Å²) in [6, 6.07) is 0. The molecule has 1 aromatic heterocycles. The zero-order chi connectivity index (χ0) is 12.3. The summed E-state index contributed by atoms with van der Waals surface area (Å²) in [6.45, 7) is 4.79. The zero-order valence-electron chi connectivity index (χ0n) is 11.3. The van der Waals surface area contributed by atoms with Gasteiger partial charge in [0.05, 0.1) is 12.2 Å². The number of rotatable bonds is 2. The van der Waals surface area contributed by atoms with Gasteiger partial charge in [-0.1, -0.05) is 0 Å². The highest BCUT2D eigenvalue weighted by atomic mass is 127. The van der Waals surface area contributed by atoms with Crippen LogP contribution >= 0.6 is 35.3 Å². The number of thiazole rings is 1. The molecular weight excluding hydrogens is 347 g/mol. The van der Waals surface area contributed by atoms with Crippen LogP contribution < -0.4 is 0 Å². The molecule has 4 nitrogen and oxygen atoms in total. The van der Waals surface area contributed by atoms with Gasteiger partial charge < -0.3 is 9.80 Å². The maximum Gasteiger partial charge on any atom is 0.195 e. The minimum absolute atomic E-state index is 0. The van der Waals surface area contributed by atoms with Crippen LogP contribution in [0.2, 0.25) is 0 Å². The molecule has 0 aliphatic rings. The first-order valence-electron chi connectivity index (χ1n) is 5.23. The molecule has 0 saturated carbocycles. The number of nitrogens with zero attached hydrogens (tertiary/aromatic N) is 4. The van der Waals surface area contributed by atoms with Gasteiger partial charge in [-0.05, 0) is 13.8 Å². The lowest BCUT2D eigenvalue weighted by Gasteiger charge is -2.22. The largest absolute Gasteiger partial charge is 0.349 e. The molecule has 0 spiro atoms. The minimum Gasteiger partial charge on any atom is -0.349 e. The van der Waals surface area contributed by atoms with Gasteiger partial charge in [-0.25, -0.2) is 9.98 Å². The quantitative estimate of drug-likeness (QED) is 0.456. The van der Waals surface area contributed by atoms with Gasteiger partial charge in [0.25, 0.3) is 0 Å². The van der Waals surface area contributed by atoms with Crippen molar-refractivity contribution in [2.24, 2.45) is 4.99 Å². The highest BCUT2D eigenvalue weighted by Crippen LogP contribution is 2.17. The molecule has 0 saturated heterocycles. The zero-order valence-corrected chi connectivity index (χ0v) is 14.5. The van der Waals surface area contributed by atoms with Gasteiger partial charge in [-0.2, -0.15) is 0 Å². The number of aliphatic imine (C=N–C) groups is 1. The lowest BCUT2D eigenvalue weighted by Crippen LogP contribution is -2.35. The van der Waals surface area contributed by atoms with E-state index in [1.54, 1.807) is 11.3 Å². The molecule has 0 aromatic carbocycles. The van der Waals surface area contributed by atoms with E-state index in [9.17, 15) is 0 Å². The average molecular weight is 368 g/mol. The number of aryl methyl sites for hydroxylation is 2. The van der Waals surface area contributed by atoms with Crippen LogP contribution in [0.25, 0.3) is 0 Å². The van der Waals surface area contributed by atoms with E-state index in [1.807, 2.05) is 44.9 Å². The third-order valence-electron chi connectivity index (χ3n) is 2.23. The second-order valence-electron chi connectivity index (χ2n) is 4.15. The molecule has 0 bridgehead atoms. The van der Waals surface area contributed by atoms with Crippen molar-refractivity contribution in [3.05, 3.63) is 15.6 Å². The van der Waals surface area contributed by atoms with Gasteiger partial charge >= 0.3 is 0 Å². The molecule has 0 amide bonds. The predicted octanol–water partition coefficient (Wildman–Crippen LogP) is 2.36. The topological polar surface area (TPSA) is 31.7 Å². The summed E-state index contributed by atoms with van der Waals surface area (Å²) < 4.78 is 0. The molecule has 6 heteroatoms. The first kappa shape index (κ1) is 16.6. The van der Waals surface area contributed by atoms with E-state index in [1.165, 1.54) is 4.88 Å². The number of guanidine groups is 1. The first-order chi connectivity index (χ1) is 7.41. The summed E-state index contributed by atoms with van der Waals surface area (Å²) in [4.78, 5) is 14.3. The molecule has 0 unspecified atom stereocenters. The fourth-order valence-corrected chi connectivity index (χ4v) is 2.29. The average Bonchev–Trinajstić information content (AvgIpc) is 2.45. The minimum atomic E-state index is 0. The summed E-state index contributed by atoms with van der Waals surface area (Å²) in [5.74, 6) is 0.963. The Hall–Kier alpha value is -0.370. The van der Waals surface area contributed by atoms with Crippen LogP contribution in [-0.4, -0.2) is 48.9 Å². The third kappa shape index (κ3) is 4.79. The molecular formula is C11H21IN4S. The van der Waals surface area contributed by atoms with Crippen molar-refractivity contribution in [2.75, 3.05) is 28.2 Å². The Balaban J connectivity index is 0.00000256. The van der Waals surface area contributed by atoms with E-state index in [0.29, 0.717) is 6.54 Å². The molecule has 0 N–H and O–H groups in total. The molecule has 1 aromatic rings. The van der Waals surface area contributed by atoms with Gasteiger partial charge in [0, 0.05) is 33.1 Å². The molecule has 0 aliphatic heterocycles. The van der Waals surface area contributed by atoms with Gasteiger partial charge in [0.15, 0.2) is 5.96 Å². The molecule has 17 heavy (non-hydrogen) atoms. The van der Waals surface area contributed by atoms with Crippen molar-refractivity contribution in [1.82, 2.24) is 14.8 Å². The maximum absolute atomic E-state index is 4.56. The SMILES string of the molecule is Cc1nc(CN=C(N(C)C)N(C)C)sc1C.I. The molecule has 0 aliphatic carbocycles. The molecule has 1 rings (SSSR count). The predicted molar refractivity (Wildman–Crippen MR) is 85.5 cm³/mol. The Morgan fingerprint density at radius 3 is 2.06 bits per heavy atom. The lowest BCUT2D eigenvalue weighted by molar-refractivity contribution is 0.479. The Morgan fingerprint density at radius 2 is 1.71 bits per heavy atom.